The number of nitrogens with zero attached hydrogens (tertiary/aromatic N) is 2. The van der Waals surface area contributed by atoms with Gasteiger partial charge in [-0.3, -0.25) is 9.78 Å². The van der Waals surface area contributed by atoms with Crippen LogP contribution in [0.2, 0.25) is 0 Å². The Bertz CT molecular complexity index is 873. The van der Waals surface area contributed by atoms with Crippen molar-refractivity contribution < 1.29 is 17.6 Å². The van der Waals surface area contributed by atoms with E-state index in [-0.39, 0.29) is 17.2 Å². The second-order valence-corrected chi connectivity index (χ2v) is 8.45. The highest BCUT2D eigenvalue weighted by Crippen LogP contribution is 2.27. The Morgan fingerprint density at radius 2 is 2.00 bits per heavy atom. The van der Waals surface area contributed by atoms with Gasteiger partial charge >= 0.3 is 0 Å². The zero-order chi connectivity index (χ0) is 19.3. The summed E-state index contributed by atoms with van der Waals surface area (Å²) in [7, 11) is -3.76. The van der Waals surface area contributed by atoms with E-state index in [0.29, 0.717) is 19.5 Å². The molecule has 1 aliphatic heterocycles. The first kappa shape index (κ1) is 19.4. The standard InChI is InChI=1S/C19H22FN3O3S/c20-16-6-8-18(9-7-16)27(25,26)23-11-2-1-5-17(23)12-19(24)22-14-15-4-3-10-21-13-15/h3-4,6-10,13,17H,1-2,5,11-12,14H2,(H,22,24)/t17-/m1/s1. The maximum absolute atomic E-state index is 13.1. The molecule has 0 radical (unpaired) electrons. The Hall–Kier alpha value is -2.32. The van der Waals surface area contributed by atoms with E-state index >= 15 is 0 Å². The number of hydrogen-bond donors (Lipinski definition) is 1. The maximum Gasteiger partial charge on any atom is 0.243 e. The van der Waals surface area contributed by atoms with E-state index in [9.17, 15) is 17.6 Å². The number of nitrogens with one attached hydrogen (secondary N) is 1. The molecule has 2 aromatic rings. The van der Waals surface area contributed by atoms with Gasteiger partial charge in [0.15, 0.2) is 0 Å². The highest BCUT2D eigenvalue weighted by atomic mass is 32.2. The lowest BCUT2D eigenvalue weighted by Gasteiger charge is -2.34. The summed E-state index contributed by atoms with van der Waals surface area (Å²) in [6.07, 6.45) is 5.67. The normalized spacial score (nSPS) is 18.2. The van der Waals surface area contributed by atoms with Crippen LogP contribution in [0.1, 0.15) is 31.2 Å². The predicted molar refractivity (Wildman–Crippen MR) is 98.6 cm³/mol. The fourth-order valence-corrected chi connectivity index (χ4v) is 4.92. The number of hydrogen-bond acceptors (Lipinski definition) is 4. The minimum absolute atomic E-state index is 0.0477. The van der Waals surface area contributed by atoms with Gasteiger partial charge in [0.1, 0.15) is 5.82 Å². The number of halogens is 1. The van der Waals surface area contributed by atoms with Crippen molar-refractivity contribution in [2.24, 2.45) is 0 Å². The van der Waals surface area contributed by atoms with Gasteiger partial charge in [-0.05, 0) is 48.7 Å². The van der Waals surface area contributed by atoms with E-state index in [4.69, 9.17) is 0 Å². The van der Waals surface area contributed by atoms with Crippen molar-refractivity contribution in [1.29, 1.82) is 0 Å². The van der Waals surface area contributed by atoms with Crippen molar-refractivity contribution in [3.8, 4) is 0 Å². The third-order valence-electron chi connectivity index (χ3n) is 4.63. The van der Waals surface area contributed by atoms with Crippen LogP contribution in [0.5, 0.6) is 0 Å². The minimum atomic E-state index is -3.76. The lowest BCUT2D eigenvalue weighted by molar-refractivity contribution is -0.122. The van der Waals surface area contributed by atoms with E-state index in [2.05, 4.69) is 10.3 Å². The molecule has 0 saturated carbocycles. The lowest BCUT2D eigenvalue weighted by Crippen LogP contribution is -2.45. The fourth-order valence-electron chi connectivity index (χ4n) is 3.23. The average molecular weight is 391 g/mol. The second-order valence-electron chi connectivity index (χ2n) is 6.56. The molecule has 1 atom stereocenters. The van der Waals surface area contributed by atoms with Gasteiger partial charge in [0.2, 0.25) is 15.9 Å². The molecular formula is C19H22FN3O3S. The number of carbonyl (C=O) groups excluding carboxylic acids is 1. The molecule has 0 spiro atoms. The van der Waals surface area contributed by atoms with Crippen LogP contribution >= 0.6 is 0 Å². The molecule has 3 rings (SSSR count). The molecule has 6 nitrogen and oxygen atoms in total. The summed E-state index contributed by atoms with van der Waals surface area (Å²) in [5.41, 5.74) is 0.880. The summed E-state index contributed by atoms with van der Waals surface area (Å²) in [6.45, 7) is 0.713. The van der Waals surface area contributed by atoms with Gasteiger partial charge in [-0.15, -0.1) is 0 Å². The number of pyridine rings is 1. The molecular weight excluding hydrogens is 369 g/mol. The van der Waals surface area contributed by atoms with E-state index in [1.807, 2.05) is 6.07 Å². The number of sulfonamides is 1. The van der Waals surface area contributed by atoms with Crippen LogP contribution in [0.3, 0.4) is 0 Å². The van der Waals surface area contributed by atoms with Crippen LogP contribution in [0.4, 0.5) is 4.39 Å². The van der Waals surface area contributed by atoms with Gasteiger partial charge in [0.05, 0.1) is 4.90 Å². The highest BCUT2D eigenvalue weighted by molar-refractivity contribution is 7.89. The minimum Gasteiger partial charge on any atom is -0.352 e. The Labute approximate surface area is 158 Å². The summed E-state index contributed by atoms with van der Waals surface area (Å²) in [4.78, 5) is 16.4. The predicted octanol–water partition coefficient (Wildman–Crippen LogP) is 2.47. The molecule has 0 bridgehead atoms. The molecule has 1 aromatic carbocycles. The highest BCUT2D eigenvalue weighted by Gasteiger charge is 2.34. The average Bonchev–Trinajstić information content (AvgIpc) is 2.68. The Kier molecular flexibility index (Phi) is 6.18. The summed E-state index contributed by atoms with van der Waals surface area (Å²) >= 11 is 0. The van der Waals surface area contributed by atoms with Gasteiger partial charge < -0.3 is 5.32 Å². The van der Waals surface area contributed by atoms with Crippen molar-refractivity contribution in [2.45, 2.75) is 43.2 Å². The molecule has 2 heterocycles. The van der Waals surface area contributed by atoms with Crippen molar-refractivity contribution >= 4 is 15.9 Å². The third-order valence-corrected chi connectivity index (χ3v) is 6.59. The van der Waals surface area contributed by atoms with Crippen LogP contribution in [0, 0.1) is 5.82 Å². The Morgan fingerprint density at radius 1 is 1.22 bits per heavy atom. The molecule has 0 unspecified atom stereocenters. The molecule has 0 aliphatic carbocycles. The number of benzene rings is 1. The zero-order valence-electron chi connectivity index (χ0n) is 14.8. The Balaban J connectivity index is 1.67. The molecule has 144 valence electrons. The SMILES string of the molecule is O=C(C[C@H]1CCCCN1S(=O)(=O)c1ccc(F)cc1)NCc1cccnc1. The van der Waals surface area contributed by atoms with Crippen molar-refractivity contribution in [3.63, 3.8) is 0 Å². The summed E-state index contributed by atoms with van der Waals surface area (Å²) < 4.78 is 40.4. The fraction of sp³-hybridized carbons (Fsp3) is 0.368. The molecule has 1 aromatic heterocycles. The van der Waals surface area contributed by atoms with E-state index < -0.39 is 21.9 Å². The van der Waals surface area contributed by atoms with Gasteiger partial charge in [0, 0.05) is 37.9 Å². The van der Waals surface area contributed by atoms with E-state index in [0.717, 1.165) is 30.5 Å². The summed E-state index contributed by atoms with van der Waals surface area (Å²) in [5, 5.41) is 2.82. The number of piperidine rings is 1. The topological polar surface area (TPSA) is 79.4 Å². The van der Waals surface area contributed by atoms with Gasteiger partial charge in [-0.1, -0.05) is 12.5 Å². The molecule has 8 heteroatoms. The van der Waals surface area contributed by atoms with E-state index in [1.165, 1.54) is 16.4 Å². The molecule has 1 amide bonds. The van der Waals surface area contributed by atoms with Crippen LogP contribution in [-0.2, 0) is 21.4 Å². The first-order valence-corrected chi connectivity index (χ1v) is 10.3. The lowest BCUT2D eigenvalue weighted by atomic mass is 10.0. The van der Waals surface area contributed by atoms with Crippen LogP contribution < -0.4 is 5.32 Å². The first-order chi connectivity index (χ1) is 13.0. The Morgan fingerprint density at radius 3 is 2.70 bits per heavy atom. The molecule has 1 fully saturated rings. The zero-order valence-corrected chi connectivity index (χ0v) is 15.7. The maximum atomic E-state index is 13.1. The number of amides is 1. The van der Waals surface area contributed by atoms with E-state index in [1.54, 1.807) is 18.5 Å². The summed E-state index contributed by atoms with van der Waals surface area (Å²) in [5.74, 6) is -0.691. The van der Waals surface area contributed by atoms with Crippen LogP contribution in [0.25, 0.3) is 0 Å². The monoisotopic (exact) mass is 391 g/mol. The molecule has 1 N–H and O–H groups in total. The van der Waals surface area contributed by atoms with Crippen LogP contribution in [-0.4, -0.2) is 36.2 Å². The molecule has 1 saturated heterocycles. The quantitative estimate of drug-likeness (QED) is 0.820. The van der Waals surface area contributed by atoms with Gasteiger partial charge in [-0.25, -0.2) is 12.8 Å². The van der Waals surface area contributed by atoms with Crippen LogP contribution in [0.15, 0.2) is 53.7 Å². The van der Waals surface area contributed by atoms with Crippen molar-refractivity contribution in [2.75, 3.05) is 6.54 Å². The smallest absolute Gasteiger partial charge is 0.243 e. The second kappa shape index (κ2) is 8.58. The number of aromatic nitrogens is 1. The number of carbonyl (C=O) groups is 1. The van der Waals surface area contributed by atoms with Crippen molar-refractivity contribution in [1.82, 2.24) is 14.6 Å². The third kappa shape index (κ3) is 4.90. The van der Waals surface area contributed by atoms with Crippen molar-refractivity contribution in [3.05, 3.63) is 60.2 Å². The number of rotatable bonds is 6. The molecule has 1 aliphatic rings. The summed E-state index contributed by atoms with van der Waals surface area (Å²) in [6, 6.07) is 8.04. The first-order valence-electron chi connectivity index (χ1n) is 8.90. The van der Waals surface area contributed by atoms with Gasteiger partial charge in [-0.2, -0.15) is 4.31 Å². The largest absolute Gasteiger partial charge is 0.352 e. The van der Waals surface area contributed by atoms with Gasteiger partial charge in [0.25, 0.3) is 0 Å². The molecule has 27 heavy (non-hydrogen) atoms.